The lowest BCUT2D eigenvalue weighted by molar-refractivity contribution is 0.0691. The lowest BCUT2D eigenvalue weighted by atomic mass is 10.1. The van der Waals surface area contributed by atoms with E-state index in [-0.39, 0.29) is 5.69 Å². The Morgan fingerprint density at radius 3 is 2.76 bits per heavy atom. The largest absolute Gasteiger partial charge is 0.476 e. The van der Waals surface area contributed by atoms with Gasteiger partial charge in [-0.25, -0.2) is 9.78 Å². The summed E-state index contributed by atoms with van der Waals surface area (Å²) in [5.74, 6) is -0.981. The van der Waals surface area contributed by atoms with Crippen molar-refractivity contribution >= 4 is 28.9 Å². The highest BCUT2D eigenvalue weighted by atomic mass is 35.5. The lowest BCUT2D eigenvalue weighted by Crippen LogP contribution is -1.97. The molecule has 0 fully saturated rings. The van der Waals surface area contributed by atoms with Crippen molar-refractivity contribution in [3.63, 3.8) is 0 Å². The first-order chi connectivity index (χ1) is 8.16. The second kappa shape index (κ2) is 5.29. The standard InChI is InChI=1S/C12H10ClNO2S/c13-9-4-2-1-3-8(9)5-6-11-14-10(7-17-11)12(15)16/h1-4,7H,5-6H2,(H,15,16). The van der Waals surface area contributed by atoms with Crippen LogP contribution in [0.1, 0.15) is 21.1 Å². The molecule has 1 aromatic heterocycles. The molecule has 0 aliphatic carbocycles. The summed E-state index contributed by atoms with van der Waals surface area (Å²) in [6.07, 6.45) is 1.48. The number of aromatic nitrogens is 1. The fraction of sp³-hybridized carbons (Fsp3) is 0.167. The number of benzene rings is 1. The first-order valence-electron chi connectivity index (χ1n) is 5.08. The van der Waals surface area contributed by atoms with Crippen molar-refractivity contribution in [2.45, 2.75) is 12.8 Å². The number of carboxylic acids is 1. The van der Waals surface area contributed by atoms with E-state index >= 15 is 0 Å². The van der Waals surface area contributed by atoms with Crippen LogP contribution in [0.3, 0.4) is 0 Å². The highest BCUT2D eigenvalue weighted by molar-refractivity contribution is 7.09. The molecule has 2 rings (SSSR count). The van der Waals surface area contributed by atoms with E-state index in [1.807, 2.05) is 24.3 Å². The summed E-state index contributed by atoms with van der Waals surface area (Å²) in [4.78, 5) is 14.7. The summed E-state index contributed by atoms with van der Waals surface area (Å²) in [5.41, 5.74) is 1.17. The highest BCUT2D eigenvalue weighted by Gasteiger charge is 2.09. The summed E-state index contributed by atoms with van der Waals surface area (Å²) >= 11 is 7.40. The van der Waals surface area contributed by atoms with Crippen LogP contribution in [0.25, 0.3) is 0 Å². The lowest BCUT2D eigenvalue weighted by Gasteiger charge is -2.01. The van der Waals surface area contributed by atoms with Gasteiger partial charge < -0.3 is 5.11 Å². The van der Waals surface area contributed by atoms with Crippen LogP contribution in [0.5, 0.6) is 0 Å². The minimum Gasteiger partial charge on any atom is -0.476 e. The van der Waals surface area contributed by atoms with E-state index in [0.717, 1.165) is 22.0 Å². The molecular weight excluding hydrogens is 258 g/mol. The molecule has 1 aromatic carbocycles. The molecule has 0 amide bonds. The van der Waals surface area contributed by atoms with Gasteiger partial charge in [0.1, 0.15) is 0 Å². The van der Waals surface area contributed by atoms with Gasteiger partial charge in [0.05, 0.1) is 5.01 Å². The molecule has 3 nitrogen and oxygen atoms in total. The van der Waals surface area contributed by atoms with Gasteiger partial charge in [-0.1, -0.05) is 29.8 Å². The first kappa shape index (κ1) is 12.1. The SMILES string of the molecule is O=C(O)c1csc(CCc2ccccc2Cl)n1. The Balaban J connectivity index is 2.02. The first-order valence-corrected chi connectivity index (χ1v) is 6.33. The van der Waals surface area contributed by atoms with Crippen molar-refractivity contribution in [3.05, 3.63) is 50.9 Å². The molecule has 0 atom stereocenters. The predicted octanol–water partition coefficient (Wildman–Crippen LogP) is 3.28. The van der Waals surface area contributed by atoms with Gasteiger partial charge in [-0.05, 0) is 18.1 Å². The average Bonchev–Trinajstić information content (AvgIpc) is 2.77. The molecule has 2 aromatic rings. The van der Waals surface area contributed by atoms with Gasteiger partial charge in [0.25, 0.3) is 0 Å². The van der Waals surface area contributed by atoms with E-state index in [0.29, 0.717) is 6.42 Å². The second-order valence-corrected chi connectivity index (χ2v) is 4.87. The molecule has 1 heterocycles. The third-order valence-corrected chi connectivity index (χ3v) is 3.61. The summed E-state index contributed by atoms with van der Waals surface area (Å²) in [7, 11) is 0. The van der Waals surface area contributed by atoms with Crippen LogP contribution >= 0.6 is 22.9 Å². The molecule has 0 saturated carbocycles. The van der Waals surface area contributed by atoms with Crippen LogP contribution in [0.4, 0.5) is 0 Å². The minimum absolute atomic E-state index is 0.115. The highest BCUT2D eigenvalue weighted by Crippen LogP contribution is 2.18. The quantitative estimate of drug-likeness (QED) is 0.925. The number of carbonyl (C=O) groups is 1. The number of nitrogens with zero attached hydrogens (tertiary/aromatic N) is 1. The molecule has 0 spiro atoms. The van der Waals surface area contributed by atoms with Crippen LogP contribution in [-0.2, 0) is 12.8 Å². The van der Waals surface area contributed by atoms with E-state index in [1.54, 1.807) is 5.38 Å². The van der Waals surface area contributed by atoms with Gasteiger partial charge in [0.2, 0.25) is 0 Å². The predicted molar refractivity (Wildman–Crippen MR) is 67.9 cm³/mol. The van der Waals surface area contributed by atoms with Gasteiger partial charge in [-0.2, -0.15) is 0 Å². The Kier molecular flexibility index (Phi) is 3.76. The number of aromatic carboxylic acids is 1. The van der Waals surface area contributed by atoms with Crippen molar-refractivity contribution in [3.8, 4) is 0 Å². The smallest absolute Gasteiger partial charge is 0.355 e. The maximum absolute atomic E-state index is 10.7. The Hall–Kier alpha value is -1.39. The zero-order chi connectivity index (χ0) is 12.3. The Morgan fingerprint density at radius 2 is 2.12 bits per heavy atom. The summed E-state index contributed by atoms with van der Waals surface area (Å²) < 4.78 is 0. The van der Waals surface area contributed by atoms with E-state index < -0.39 is 5.97 Å². The van der Waals surface area contributed by atoms with E-state index in [9.17, 15) is 4.79 Å². The molecule has 1 N–H and O–H groups in total. The van der Waals surface area contributed by atoms with E-state index in [2.05, 4.69) is 4.98 Å². The maximum Gasteiger partial charge on any atom is 0.355 e. The molecule has 0 unspecified atom stereocenters. The number of aryl methyl sites for hydroxylation is 2. The minimum atomic E-state index is -0.981. The third kappa shape index (κ3) is 3.05. The van der Waals surface area contributed by atoms with Crippen LogP contribution < -0.4 is 0 Å². The number of rotatable bonds is 4. The van der Waals surface area contributed by atoms with Crippen LogP contribution in [-0.4, -0.2) is 16.1 Å². The van der Waals surface area contributed by atoms with Crippen LogP contribution in [0.15, 0.2) is 29.6 Å². The van der Waals surface area contributed by atoms with Gasteiger partial charge in [0.15, 0.2) is 5.69 Å². The Labute approximate surface area is 108 Å². The number of halogens is 1. The van der Waals surface area contributed by atoms with Crippen molar-refractivity contribution in [1.82, 2.24) is 4.98 Å². The topological polar surface area (TPSA) is 50.2 Å². The zero-order valence-electron chi connectivity index (χ0n) is 8.89. The third-order valence-electron chi connectivity index (χ3n) is 2.34. The molecule has 0 bridgehead atoms. The summed E-state index contributed by atoms with van der Waals surface area (Å²) in [6.45, 7) is 0. The molecule has 0 aliphatic rings. The van der Waals surface area contributed by atoms with Gasteiger partial charge >= 0.3 is 5.97 Å². The number of hydrogen-bond acceptors (Lipinski definition) is 3. The normalized spacial score (nSPS) is 10.4. The van der Waals surface area contributed by atoms with Gasteiger partial charge in [-0.15, -0.1) is 11.3 Å². The zero-order valence-corrected chi connectivity index (χ0v) is 10.5. The molecule has 5 heteroatoms. The van der Waals surface area contributed by atoms with E-state index in [4.69, 9.17) is 16.7 Å². The molecular formula is C12H10ClNO2S. The van der Waals surface area contributed by atoms with Crippen molar-refractivity contribution in [1.29, 1.82) is 0 Å². The number of thiazole rings is 1. The molecule has 0 saturated heterocycles. The molecule has 0 radical (unpaired) electrons. The summed E-state index contributed by atoms with van der Waals surface area (Å²) in [5, 5.41) is 11.9. The Morgan fingerprint density at radius 1 is 1.35 bits per heavy atom. The van der Waals surface area contributed by atoms with Gasteiger partial charge in [-0.3, -0.25) is 0 Å². The van der Waals surface area contributed by atoms with Crippen molar-refractivity contribution < 1.29 is 9.90 Å². The monoisotopic (exact) mass is 267 g/mol. The molecule has 17 heavy (non-hydrogen) atoms. The van der Waals surface area contributed by atoms with Gasteiger partial charge in [0, 0.05) is 16.8 Å². The maximum atomic E-state index is 10.7. The fourth-order valence-corrected chi connectivity index (χ4v) is 2.47. The number of hydrogen-bond donors (Lipinski definition) is 1. The van der Waals surface area contributed by atoms with Crippen LogP contribution in [0.2, 0.25) is 5.02 Å². The molecule has 0 aliphatic heterocycles. The van der Waals surface area contributed by atoms with Crippen molar-refractivity contribution in [2.75, 3.05) is 0 Å². The Bertz CT molecular complexity index is 539. The molecule has 88 valence electrons. The average molecular weight is 268 g/mol. The van der Waals surface area contributed by atoms with Crippen LogP contribution in [0, 0.1) is 0 Å². The number of carboxylic acid groups (broad SMARTS) is 1. The second-order valence-electron chi connectivity index (χ2n) is 3.52. The fourth-order valence-electron chi connectivity index (χ4n) is 1.47. The summed E-state index contributed by atoms with van der Waals surface area (Å²) in [6, 6.07) is 7.64. The van der Waals surface area contributed by atoms with E-state index in [1.165, 1.54) is 11.3 Å². The van der Waals surface area contributed by atoms with Crippen molar-refractivity contribution in [2.24, 2.45) is 0 Å².